The van der Waals surface area contributed by atoms with Crippen LogP contribution in [0.2, 0.25) is 0 Å². The molecule has 1 atom stereocenters. The standard InChI is InChI=1S/C19H15N3O2S/c20-11-15-6-7-19(25-15)16-8-9-22(21-16)17(18-12-23-13-24-18)10-14-4-2-1-3-5-14/h1-9,12,17H,10,13H2. The van der Waals surface area contributed by atoms with Gasteiger partial charge in [0.05, 0.1) is 4.88 Å². The lowest BCUT2D eigenvalue weighted by Gasteiger charge is -2.17. The lowest BCUT2D eigenvalue weighted by molar-refractivity contribution is 0.0703. The zero-order chi connectivity index (χ0) is 17.1. The maximum atomic E-state index is 9.00. The van der Waals surface area contributed by atoms with Gasteiger partial charge >= 0.3 is 0 Å². The summed E-state index contributed by atoms with van der Waals surface area (Å²) in [5.41, 5.74) is 2.05. The van der Waals surface area contributed by atoms with Crippen molar-refractivity contribution in [1.29, 1.82) is 5.26 Å². The molecule has 0 amide bonds. The van der Waals surface area contributed by atoms with Gasteiger partial charge in [-0.3, -0.25) is 4.68 Å². The summed E-state index contributed by atoms with van der Waals surface area (Å²) in [6, 6.07) is 18.0. The van der Waals surface area contributed by atoms with E-state index >= 15 is 0 Å². The average Bonchev–Trinajstić information content (AvgIpc) is 3.41. The molecule has 3 aromatic rings. The van der Waals surface area contributed by atoms with E-state index in [-0.39, 0.29) is 12.8 Å². The molecule has 1 unspecified atom stereocenters. The Balaban J connectivity index is 1.64. The Morgan fingerprint density at radius 3 is 2.80 bits per heavy atom. The monoisotopic (exact) mass is 349 g/mol. The summed E-state index contributed by atoms with van der Waals surface area (Å²) in [6.45, 7) is 0.241. The van der Waals surface area contributed by atoms with Gasteiger partial charge in [0.25, 0.3) is 0 Å². The van der Waals surface area contributed by atoms with E-state index in [1.54, 1.807) is 6.26 Å². The van der Waals surface area contributed by atoms with Crippen molar-refractivity contribution in [3.8, 4) is 16.6 Å². The minimum atomic E-state index is -0.0750. The molecular weight excluding hydrogens is 334 g/mol. The lowest BCUT2D eigenvalue weighted by Crippen LogP contribution is -2.16. The van der Waals surface area contributed by atoms with E-state index in [1.807, 2.05) is 47.3 Å². The molecule has 6 heteroatoms. The van der Waals surface area contributed by atoms with Gasteiger partial charge in [-0.15, -0.1) is 11.3 Å². The SMILES string of the molecule is N#Cc1ccc(-c2ccn(C(Cc3ccccc3)C3=COCO3)n2)s1. The Morgan fingerprint density at radius 1 is 1.20 bits per heavy atom. The fraction of sp³-hybridized carbons (Fsp3) is 0.158. The second-order valence-corrected chi connectivity index (χ2v) is 6.70. The molecule has 0 saturated carbocycles. The van der Waals surface area contributed by atoms with Crippen molar-refractivity contribution in [2.75, 3.05) is 6.79 Å². The van der Waals surface area contributed by atoms with Crippen molar-refractivity contribution in [2.24, 2.45) is 0 Å². The molecule has 0 fully saturated rings. The second-order valence-electron chi connectivity index (χ2n) is 5.61. The number of hydrogen-bond acceptors (Lipinski definition) is 5. The van der Waals surface area contributed by atoms with E-state index in [0.29, 0.717) is 4.88 Å². The van der Waals surface area contributed by atoms with E-state index in [0.717, 1.165) is 22.8 Å². The minimum absolute atomic E-state index is 0.0750. The predicted molar refractivity (Wildman–Crippen MR) is 94.6 cm³/mol. The van der Waals surface area contributed by atoms with Crippen LogP contribution in [0.5, 0.6) is 0 Å². The summed E-state index contributed by atoms with van der Waals surface area (Å²) < 4.78 is 12.8. The average molecular weight is 349 g/mol. The first-order valence-corrected chi connectivity index (χ1v) is 8.69. The first-order chi connectivity index (χ1) is 12.3. The van der Waals surface area contributed by atoms with Crippen LogP contribution in [0.1, 0.15) is 16.5 Å². The number of nitrogens with zero attached hydrogens (tertiary/aromatic N) is 3. The molecule has 25 heavy (non-hydrogen) atoms. The van der Waals surface area contributed by atoms with Gasteiger partial charge in [-0.05, 0) is 23.8 Å². The summed E-state index contributed by atoms with van der Waals surface area (Å²) in [6.07, 6.45) is 4.36. The van der Waals surface area contributed by atoms with Crippen LogP contribution in [-0.4, -0.2) is 16.6 Å². The third-order valence-electron chi connectivity index (χ3n) is 3.99. The van der Waals surface area contributed by atoms with Crippen LogP contribution < -0.4 is 0 Å². The predicted octanol–water partition coefficient (Wildman–Crippen LogP) is 4.11. The molecule has 3 heterocycles. The summed E-state index contributed by atoms with van der Waals surface area (Å²) in [7, 11) is 0. The Hall–Kier alpha value is -3.04. The highest BCUT2D eigenvalue weighted by Crippen LogP contribution is 2.30. The van der Waals surface area contributed by atoms with E-state index in [9.17, 15) is 0 Å². The highest BCUT2D eigenvalue weighted by molar-refractivity contribution is 7.15. The van der Waals surface area contributed by atoms with Crippen LogP contribution in [0.15, 0.2) is 66.7 Å². The number of aromatic nitrogens is 2. The molecule has 0 spiro atoms. The van der Waals surface area contributed by atoms with Crippen LogP contribution in [-0.2, 0) is 15.9 Å². The number of allylic oxidation sites excluding steroid dienone is 1. The Bertz CT molecular complexity index is 937. The van der Waals surface area contributed by atoms with Gasteiger partial charge in [0.2, 0.25) is 6.79 Å². The van der Waals surface area contributed by atoms with E-state index in [2.05, 4.69) is 18.2 Å². The maximum Gasteiger partial charge on any atom is 0.229 e. The van der Waals surface area contributed by atoms with E-state index < -0.39 is 0 Å². The number of thiophene rings is 1. The molecule has 5 nitrogen and oxygen atoms in total. The Kier molecular flexibility index (Phi) is 4.23. The molecule has 0 aliphatic carbocycles. The van der Waals surface area contributed by atoms with Crippen molar-refractivity contribution in [3.63, 3.8) is 0 Å². The highest BCUT2D eigenvalue weighted by atomic mass is 32.1. The molecule has 0 radical (unpaired) electrons. The summed E-state index contributed by atoms with van der Waals surface area (Å²) >= 11 is 1.44. The molecular formula is C19H15N3O2S. The van der Waals surface area contributed by atoms with Gasteiger partial charge < -0.3 is 9.47 Å². The fourth-order valence-electron chi connectivity index (χ4n) is 2.77. The third kappa shape index (κ3) is 3.28. The van der Waals surface area contributed by atoms with Crippen LogP contribution in [0.3, 0.4) is 0 Å². The van der Waals surface area contributed by atoms with Gasteiger partial charge in [0.15, 0.2) is 5.76 Å². The topological polar surface area (TPSA) is 60.1 Å². The first kappa shape index (κ1) is 15.5. The Morgan fingerprint density at radius 2 is 2.08 bits per heavy atom. The normalized spacial score (nSPS) is 14.3. The van der Waals surface area contributed by atoms with Gasteiger partial charge in [-0.1, -0.05) is 30.3 Å². The third-order valence-corrected chi connectivity index (χ3v) is 5.00. The molecule has 0 N–H and O–H groups in total. The van der Waals surface area contributed by atoms with Crippen molar-refractivity contribution < 1.29 is 9.47 Å². The molecule has 4 rings (SSSR count). The number of rotatable bonds is 5. The zero-order valence-electron chi connectivity index (χ0n) is 13.3. The molecule has 0 saturated heterocycles. The number of ether oxygens (including phenoxy) is 2. The van der Waals surface area contributed by atoms with Crippen molar-refractivity contribution in [3.05, 3.63) is 77.2 Å². The van der Waals surface area contributed by atoms with Gasteiger partial charge in [-0.2, -0.15) is 10.4 Å². The van der Waals surface area contributed by atoms with Crippen LogP contribution in [0, 0.1) is 11.3 Å². The second kappa shape index (κ2) is 6.83. The molecule has 0 bridgehead atoms. The Labute approximate surface area is 149 Å². The first-order valence-electron chi connectivity index (χ1n) is 7.87. The smallest absolute Gasteiger partial charge is 0.229 e. The lowest BCUT2D eigenvalue weighted by atomic mass is 10.1. The van der Waals surface area contributed by atoms with E-state index in [1.165, 1.54) is 16.9 Å². The molecule has 124 valence electrons. The van der Waals surface area contributed by atoms with Crippen LogP contribution >= 0.6 is 11.3 Å². The molecule has 1 aliphatic heterocycles. The highest BCUT2D eigenvalue weighted by Gasteiger charge is 2.23. The van der Waals surface area contributed by atoms with Gasteiger partial charge in [0, 0.05) is 12.6 Å². The van der Waals surface area contributed by atoms with Crippen LogP contribution in [0.25, 0.3) is 10.6 Å². The molecule has 1 aliphatic rings. The van der Waals surface area contributed by atoms with Crippen molar-refractivity contribution in [1.82, 2.24) is 9.78 Å². The number of nitriles is 1. The quantitative estimate of drug-likeness (QED) is 0.695. The summed E-state index contributed by atoms with van der Waals surface area (Å²) in [5.74, 6) is 0.766. The van der Waals surface area contributed by atoms with Gasteiger partial charge in [-0.25, -0.2) is 0 Å². The summed E-state index contributed by atoms with van der Waals surface area (Å²) in [4.78, 5) is 1.66. The van der Waals surface area contributed by atoms with Crippen molar-refractivity contribution >= 4 is 11.3 Å². The minimum Gasteiger partial charge on any atom is -0.462 e. The zero-order valence-corrected chi connectivity index (χ0v) is 14.1. The molecule has 1 aromatic carbocycles. The molecule has 2 aromatic heterocycles. The van der Waals surface area contributed by atoms with Gasteiger partial charge in [0.1, 0.15) is 28.9 Å². The fourth-order valence-corrected chi connectivity index (χ4v) is 3.54. The number of benzene rings is 1. The van der Waals surface area contributed by atoms with Crippen molar-refractivity contribution in [2.45, 2.75) is 12.5 Å². The van der Waals surface area contributed by atoms with Crippen LogP contribution in [0.4, 0.5) is 0 Å². The summed E-state index contributed by atoms with van der Waals surface area (Å²) in [5, 5.41) is 13.7. The maximum absolute atomic E-state index is 9.00. The largest absolute Gasteiger partial charge is 0.462 e. The number of hydrogen-bond donors (Lipinski definition) is 0. The van der Waals surface area contributed by atoms with E-state index in [4.69, 9.17) is 19.8 Å².